The van der Waals surface area contributed by atoms with Gasteiger partial charge in [-0.05, 0) is 46.3 Å². The van der Waals surface area contributed by atoms with Crippen LogP contribution >= 0.6 is 66.7 Å². The molecular formula is C13H8Br2Cl3N. The Hall–Kier alpha value is 0.0700. The maximum Gasteiger partial charge on any atom is 0.0657 e. The fourth-order valence-corrected chi connectivity index (χ4v) is 3.42. The molecule has 0 aromatic heterocycles. The van der Waals surface area contributed by atoms with E-state index in [1.807, 2.05) is 18.2 Å². The average molecular weight is 444 g/mol. The molecule has 19 heavy (non-hydrogen) atoms. The van der Waals surface area contributed by atoms with Crippen molar-refractivity contribution in [2.24, 2.45) is 0 Å². The standard InChI is InChI=1S/C13H8Br2Cl3N/c14-7-1-4-12(9(15)5-7)19-6-8-10(16)2-3-11(17)13(8)18/h1-5,19H,6H2. The van der Waals surface area contributed by atoms with Crippen LogP contribution in [0.2, 0.25) is 15.1 Å². The van der Waals surface area contributed by atoms with E-state index < -0.39 is 0 Å². The van der Waals surface area contributed by atoms with Gasteiger partial charge in [0.15, 0.2) is 0 Å². The Morgan fingerprint density at radius 2 is 1.63 bits per heavy atom. The third-order valence-electron chi connectivity index (χ3n) is 2.53. The molecule has 0 bridgehead atoms. The van der Waals surface area contributed by atoms with E-state index in [1.54, 1.807) is 12.1 Å². The van der Waals surface area contributed by atoms with Crippen molar-refractivity contribution >= 4 is 72.4 Å². The van der Waals surface area contributed by atoms with Crippen LogP contribution in [0, 0.1) is 0 Å². The van der Waals surface area contributed by atoms with Gasteiger partial charge in [0.1, 0.15) is 0 Å². The van der Waals surface area contributed by atoms with Gasteiger partial charge in [-0.2, -0.15) is 0 Å². The Morgan fingerprint density at radius 1 is 0.947 bits per heavy atom. The Kier molecular flexibility index (Phi) is 5.44. The first-order valence-corrected chi connectivity index (χ1v) is 8.02. The highest BCUT2D eigenvalue weighted by atomic mass is 79.9. The average Bonchev–Trinajstić information content (AvgIpc) is 2.36. The van der Waals surface area contributed by atoms with Crippen molar-refractivity contribution < 1.29 is 0 Å². The highest BCUT2D eigenvalue weighted by molar-refractivity contribution is 9.11. The summed E-state index contributed by atoms with van der Waals surface area (Å²) in [6.07, 6.45) is 0. The van der Waals surface area contributed by atoms with Crippen molar-refractivity contribution in [3.05, 3.63) is 59.9 Å². The summed E-state index contributed by atoms with van der Waals surface area (Å²) in [5, 5.41) is 4.84. The first-order chi connectivity index (χ1) is 8.99. The van der Waals surface area contributed by atoms with Gasteiger partial charge in [0.2, 0.25) is 0 Å². The van der Waals surface area contributed by atoms with E-state index in [9.17, 15) is 0 Å². The molecule has 0 heterocycles. The maximum absolute atomic E-state index is 6.15. The fraction of sp³-hybridized carbons (Fsp3) is 0.0769. The van der Waals surface area contributed by atoms with Crippen molar-refractivity contribution in [2.45, 2.75) is 6.54 Å². The molecule has 1 N–H and O–H groups in total. The number of nitrogens with one attached hydrogen (secondary N) is 1. The van der Waals surface area contributed by atoms with E-state index in [0.29, 0.717) is 21.6 Å². The smallest absolute Gasteiger partial charge is 0.0657 e. The maximum atomic E-state index is 6.15. The molecule has 0 unspecified atom stereocenters. The van der Waals surface area contributed by atoms with Crippen molar-refractivity contribution in [1.82, 2.24) is 0 Å². The second-order valence-corrected chi connectivity index (χ2v) is 6.76. The minimum atomic E-state index is 0.481. The molecule has 0 saturated heterocycles. The molecule has 2 rings (SSSR count). The second-order valence-electron chi connectivity index (χ2n) is 3.80. The predicted octanol–water partition coefficient (Wildman–Crippen LogP) is 6.78. The molecule has 100 valence electrons. The number of benzene rings is 2. The molecule has 0 radical (unpaired) electrons. The molecule has 0 aliphatic carbocycles. The van der Waals surface area contributed by atoms with Crippen LogP contribution in [0.1, 0.15) is 5.56 Å². The van der Waals surface area contributed by atoms with Gasteiger partial charge < -0.3 is 5.32 Å². The predicted molar refractivity (Wildman–Crippen MR) is 90.6 cm³/mol. The lowest BCUT2D eigenvalue weighted by atomic mass is 10.2. The van der Waals surface area contributed by atoms with Crippen LogP contribution in [0.3, 0.4) is 0 Å². The number of anilines is 1. The Balaban J connectivity index is 2.21. The molecule has 2 aromatic carbocycles. The third kappa shape index (κ3) is 3.79. The van der Waals surface area contributed by atoms with Crippen LogP contribution in [0.15, 0.2) is 39.3 Å². The zero-order valence-electron chi connectivity index (χ0n) is 9.48. The number of rotatable bonds is 3. The van der Waals surface area contributed by atoms with Crippen LogP contribution in [0.5, 0.6) is 0 Å². The van der Waals surface area contributed by atoms with Crippen LogP contribution in [0.4, 0.5) is 5.69 Å². The molecule has 0 fully saturated rings. The Bertz CT molecular complexity index is 617. The molecule has 0 aliphatic rings. The summed E-state index contributed by atoms with van der Waals surface area (Å²) in [4.78, 5) is 0. The first kappa shape index (κ1) is 15.5. The highest BCUT2D eigenvalue weighted by Crippen LogP contribution is 2.33. The van der Waals surface area contributed by atoms with Gasteiger partial charge in [-0.1, -0.05) is 50.7 Å². The van der Waals surface area contributed by atoms with Crippen LogP contribution in [0.25, 0.3) is 0 Å². The second kappa shape index (κ2) is 6.68. The molecule has 0 amide bonds. The monoisotopic (exact) mass is 441 g/mol. The summed E-state index contributed by atoms with van der Waals surface area (Å²) >= 11 is 25.2. The summed E-state index contributed by atoms with van der Waals surface area (Å²) in [6.45, 7) is 0.498. The molecular weight excluding hydrogens is 436 g/mol. The van der Waals surface area contributed by atoms with Crippen LogP contribution in [-0.4, -0.2) is 0 Å². The third-order valence-corrected chi connectivity index (χ3v) is 4.87. The van der Waals surface area contributed by atoms with Gasteiger partial charge in [0.05, 0.1) is 10.0 Å². The summed E-state index contributed by atoms with van der Waals surface area (Å²) in [5.74, 6) is 0. The quantitative estimate of drug-likeness (QED) is 0.515. The lowest BCUT2D eigenvalue weighted by Crippen LogP contribution is -2.01. The lowest BCUT2D eigenvalue weighted by Gasteiger charge is -2.12. The van der Waals surface area contributed by atoms with E-state index in [-0.39, 0.29) is 0 Å². The van der Waals surface area contributed by atoms with Crippen molar-refractivity contribution in [3.63, 3.8) is 0 Å². The van der Waals surface area contributed by atoms with E-state index in [4.69, 9.17) is 34.8 Å². The van der Waals surface area contributed by atoms with Gasteiger partial charge in [-0.3, -0.25) is 0 Å². The fourth-order valence-electron chi connectivity index (χ4n) is 1.55. The summed E-state index contributed by atoms with van der Waals surface area (Å²) in [7, 11) is 0. The Morgan fingerprint density at radius 3 is 2.32 bits per heavy atom. The molecule has 0 saturated carbocycles. The van der Waals surface area contributed by atoms with Gasteiger partial charge in [0.25, 0.3) is 0 Å². The van der Waals surface area contributed by atoms with E-state index in [0.717, 1.165) is 20.2 Å². The lowest BCUT2D eigenvalue weighted by molar-refractivity contribution is 1.15. The molecule has 1 nitrogen and oxygen atoms in total. The first-order valence-electron chi connectivity index (χ1n) is 5.30. The zero-order valence-corrected chi connectivity index (χ0v) is 14.9. The molecule has 0 aliphatic heterocycles. The van der Waals surface area contributed by atoms with E-state index in [2.05, 4.69) is 37.2 Å². The SMILES string of the molecule is Clc1ccc(Cl)c(CNc2ccc(Br)cc2Br)c1Cl. The summed E-state index contributed by atoms with van der Waals surface area (Å²) < 4.78 is 1.96. The highest BCUT2D eigenvalue weighted by Gasteiger charge is 2.10. The van der Waals surface area contributed by atoms with Crippen molar-refractivity contribution in [2.75, 3.05) is 5.32 Å². The molecule has 0 atom stereocenters. The normalized spacial score (nSPS) is 10.6. The molecule has 0 spiro atoms. The van der Waals surface area contributed by atoms with E-state index in [1.165, 1.54) is 0 Å². The van der Waals surface area contributed by atoms with Crippen LogP contribution in [-0.2, 0) is 6.54 Å². The van der Waals surface area contributed by atoms with Gasteiger partial charge in [0, 0.05) is 31.8 Å². The zero-order chi connectivity index (χ0) is 14.0. The topological polar surface area (TPSA) is 12.0 Å². The largest absolute Gasteiger partial charge is 0.380 e. The molecule has 2 aromatic rings. The Labute approximate surface area is 143 Å². The minimum absolute atomic E-state index is 0.481. The number of halogens is 5. The van der Waals surface area contributed by atoms with Gasteiger partial charge >= 0.3 is 0 Å². The van der Waals surface area contributed by atoms with Gasteiger partial charge in [-0.25, -0.2) is 0 Å². The minimum Gasteiger partial charge on any atom is -0.380 e. The molecule has 6 heteroatoms. The van der Waals surface area contributed by atoms with Gasteiger partial charge in [-0.15, -0.1) is 0 Å². The number of hydrogen-bond donors (Lipinski definition) is 1. The number of hydrogen-bond acceptors (Lipinski definition) is 1. The summed E-state index contributed by atoms with van der Waals surface area (Å²) in [6, 6.07) is 9.30. The van der Waals surface area contributed by atoms with E-state index >= 15 is 0 Å². The van der Waals surface area contributed by atoms with Crippen LogP contribution < -0.4 is 5.32 Å². The summed E-state index contributed by atoms with van der Waals surface area (Å²) in [5.41, 5.74) is 1.74. The van der Waals surface area contributed by atoms with Crippen molar-refractivity contribution in [1.29, 1.82) is 0 Å². The van der Waals surface area contributed by atoms with Crippen molar-refractivity contribution in [3.8, 4) is 0 Å².